The molecule has 0 amide bonds. The van der Waals surface area contributed by atoms with Crippen LogP contribution in [0, 0.1) is 0 Å². The van der Waals surface area contributed by atoms with Crippen LogP contribution in [0.1, 0.15) is 26.5 Å². The van der Waals surface area contributed by atoms with Gasteiger partial charge in [0.05, 0.1) is 5.69 Å². The molecule has 17 heavy (non-hydrogen) atoms. The first kappa shape index (κ1) is 11.4. The third-order valence-electron chi connectivity index (χ3n) is 2.49. The Labute approximate surface area is 99.5 Å². The summed E-state index contributed by atoms with van der Waals surface area (Å²) in [4.78, 5) is 13.1. The van der Waals surface area contributed by atoms with Gasteiger partial charge in [0.25, 0.3) is 5.56 Å². The van der Waals surface area contributed by atoms with E-state index in [1.165, 1.54) is 15.5 Å². The van der Waals surface area contributed by atoms with Gasteiger partial charge in [0.2, 0.25) is 0 Å². The van der Waals surface area contributed by atoms with Crippen molar-refractivity contribution in [2.24, 2.45) is 0 Å². The fraction of sp³-hybridized carbons (Fsp3) is 0.333. The average Bonchev–Trinajstić information content (AvgIpc) is 2.61. The summed E-state index contributed by atoms with van der Waals surface area (Å²) in [6.07, 6.45) is 1.64. The molecule has 0 aromatic carbocycles. The molecule has 2 aromatic heterocycles. The molecule has 0 saturated heterocycles. The highest BCUT2D eigenvalue weighted by molar-refractivity contribution is 5.33. The molecule has 0 aliphatic rings. The number of hydrogen-bond acceptors (Lipinski definition) is 3. The van der Waals surface area contributed by atoms with E-state index in [-0.39, 0.29) is 11.0 Å². The number of hydrogen-bond donors (Lipinski definition) is 1. The van der Waals surface area contributed by atoms with Crippen molar-refractivity contribution >= 4 is 5.82 Å². The standard InChI is InChI=1S/C12H16N4O/c1-12(2,3)9-8-10(13)16(14-9)15-7-5-4-6-11(15)17/h4-8H,13H2,1-3H3. The molecule has 0 radical (unpaired) electrons. The van der Waals surface area contributed by atoms with Crippen molar-refractivity contribution in [2.75, 3.05) is 5.73 Å². The molecule has 2 heterocycles. The number of rotatable bonds is 1. The van der Waals surface area contributed by atoms with Crippen LogP contribution in [0.3, 0.4) is 0 Å². The number of nitrogens with zero attached hydrogens (tertiary/aromatic N) is 3. The zero-order valence-corrected chi connectivity index (χ0v) is 10.2. The molecule has 0 fully saturated rings. The molecule has 0 bridgehead atoms. The summed E-state index contributed by atoms with van der Waals surface area (Å²) in [5, 5.41) is 4.37. The average molecular weight is 232 g/mol. The maximum atomic E-state index is 11.7. The van der Waals surface area contributed by atoms with Gasteiger partial charge in [-0.1, -0.05) is 26.8 Å². The van der Waals surface area contributed by atoms with Crippen LogP contribution in [0.5, 0.6) is 0 Å². The maximum Gasteiger partial charge on any atom is 0.270 e. The molecule has 0 spiro atoms. The van der Waals surface area contributed by atoms with Gasteiger partial charge in [-0.3, -0.25) is 4.79 Å². The number of pyridine rings is 1. The van der Waals surface area contributed by atoms with Gasteiger partial charge in [0, 0.05) is 23.7 Å². The van der Waals surface area contributed by atoms with Crippen LogP contribution in [0.25, 0.3) is 0 Å². The number of nitrogens with two attached hydrogens (primary N) is 1. The molecular formula is C12H16N4O. The fourth-order valence-corrected chi connectivity index (χ4v) is 1.50. The van der Waals surface area contributed by atoms with Gasteiger partial charge in [0.1, 0.15) is 5.82 Å². The topological polar surface area (TPSA) is 65.8 Å². The van der Waals surface area contributed by atoms with Crippen molar-refractivity contribution in [1.82, 2.24) is 14.6 Å². The second kappa shape index (κ2) is 3.76. The maximum absolute atomic E-state index is 11.7. The second-order valence-corrected chi connectivity index (χ2v) is 4.98. The second-order valence-electron chi connectivity index (χ2n) is 4.98. The highest BCUT2D eigenvalue weighted by Crippen LogP contribution is 2.22. The molecule has 0 aliphatic carbocycles. The van der Waals surface area contributed by atoms with E-state index >= 15 is 0 Å². The first-order valence-electron chi connectivity index (χ1n) is 5.44. The summed E-state index contributed by atoms with van der Waals surface area (Å²) in [5.74, 6) is 0.447. The Bertz CT molecular complexity index is 589. The lowest BCUT2D eigenvalue weighted by atomic mass is 9.92. The van der Waals surface area contributed by atoms with E-state index in [0.717, 1.165) is 5.69 Å². The van der Waals surface area contributed by atoms with E-state index in [4.69, 9.17) is 5.73 Å². The predicted octanol–water partition coefficient (Wildman–Crippen LogP) is 1.24. The van der Waals surface area contributed by atoms with Crippen molar-refractivity contribution in [2.45, 2.75) is 26.2 Å². The zero-order chi connectivity index (χ0) is 12.6. The van der Waals surface area contributed by atoms with Gasteiger partial charge in [0.15, 0.2) is 0 Å². The Morgan fingerprint density at radius 1 is 1.29 bits per heavy atom. The van der Waals surface area contributed by atoms with E-state index in [0.29, 0.717) is 5.82 Å². The molecular weight excluding hydrogens is 216 g/mol. The van der Waals surface area contributed by atoms with Crippen molar-refractivity contribution in [1.29, 1.82) is 0 Å². The Balaban J connectivity index is 2.59. The van der Waals surface area contributed by atoms with Crippen LogP contribution < -0.4 is 11.3 Å². The minimum Gasteiger partial charge on any atom is -0.382 e. The molecule has 0 saturated carbocycles. The highest BCUT2D eigenvalue weighted by Gasteiger charge is 2.19. The molecule has 5 heteroatoms. The van der Waals surface area contributed by atoms with E-state index < -0.39 is 0 Å². The van der Waals surface area contributed by atoms with Crippen LogP contribution in [-0.4, -0.2) is 14.6 Å². The normalized spacial score (nSPS) is 11.7. The third-order valence-corrected chi connectivity index (χ3v) is 2.49. The van der Waals surface area contributed by atoms with Crippen LogP contribution >= 0.6 is 0 Å². The van der Waals surface area contributed by atoms with Crippen molar-refractivity contribution in [3.63, 3.8) is 0 Å². The van der Waals surface area contributed by atoms with Gasteiger partial charge in [-0.15, -0.1) is 4.79 Å². The zero-order valence-electron chi connectivity index (χ0n) is 10.2. The summed E-state index contributed by atoms with van der Waals surface area (Å²) in [6.45, 7) is 6.15. The molecule has 2 rings (SSSR count). The lowest BCUT2D eigenvalue weighted by Gasteiger charge is -2.14. The van der Waals surface area contributed by atoms with Crippen LogP contribution in [0.4, 0.5) is 5.82 Å². The van der Waals surface area contributed by atoms with Crippen LogP contribution in [-0.2, 0) is 5.41 Å². The van der Waals surface area contributed by atoms with E-state index in [1.807, 2.05) is 20.8 Å². The highest BCUT2D eigenvalue weighted by atomic mass is 16.1. The van der Waals surface area contributed by atoms with Crippen molar-refractivity contribution in [3.8, 4) is 0 Å². The monoisotopic (exact) mass is 232 g/mol. The minimum atomic E-state index is -0.164. The first-order chi connectivity index (χ1) is 7.89. The first-order valence-corrected chi connectivity index (χ1v) is 5.44. The SMILES string of the molecule is CC(C)(C)c1cc(N)n(-n2ccccc2=O)n1. The molecule has 0 unspecified atom stereocenters. The molecule has 0 atom stereocenters. The Morgan fingerprint density at radius 2 is 2.00 bits per heavy atom. The van der Waals surface area contributed by atoms with Crippen LogP contribution in [0.15, 0.2) is 35.3 Å². The van der Waals surface area contributed by atoms with Gasteiger partial charge in [-0.05, 0) is 6.07 Å². The lowest BCUT2D eigenvalue weighted by molar-refractivity contribution is 0.508. The van der Waals surface area contributed by atoms with E-state index in [1.54, 1.807) is 24.4 Å². The quantitative estimate of drug-likeness (QED) is 0.804. The molecule has 5 nitrogen and oxygen atoms in total. The van der Waals surface area contributed by atoms with Crippen molar-refractivity contribution in [3.05, 3.63) is 46.5 Å². The smallest absolute Gasteiger partial charge is 0.270 e. The van der Waals surface area contributed by atoms with Crippen molar-refractivity contribution < 1.29 is 0 Å². The minimum absolute atomic E-state index is 0.0994. The molecule has 0 aliphatic heterocycles. The van der Waals surface area contributed by atoms with E-state index in [2.05, 4.69) is 5.10 Å². The number of anilines is 1. The summed E-state index contributed by atoms with van der Waals surface area (Å²) < 4.78 is 1.38. The number of nitrogen functional groups attached to an aromatic ring is 1. The van der Waals surface area contributed by atoms with Gasteiger partial charge >= 0.3 is 0 Å². The fourth-order valence-electron chi connectivity index (χ4n) is 1.50. The van der Waals surface area contributed by atoms with E-state index in [9.17, 15) is 4.79 Å². The molecule has 90 valence electrons. The largest absolute Gasteiger partial charge is 0.382 e. The van der Waals surface area contributed by atoms with Gasteiger partial charge < -0.3 is 5.73 Å². The predicted molar refractivity (Wildman–Crippen MR) is 66.8 cm³/mol. The molecule has 2 aromatic rings. The lowest BCUT2D eigenvalue weighted by Crippen LogP contribution is -2.27. The Kier molecular flexibility index (Phi) is 2.53. The summed E-state index contributed by atoms with van der Waals surface area (Å²) in [7, 11) is 0. The Morgan fingerprint density at radius 3 is 2.53 bits per heavy atom. The summed E-state index contributed by atoms with van der Waals surface area (Å²) >= 11 is 0. The number of aromatic nitrogens is 3. The molecule has 2 N–H and O–H groups in total. The Hall–Kier alpha value is -2.04. The summed E-state index contributed by atoms with van der Waals surface area (Å²) in [5.41, 5.74) is 6.47. The van der Waals surface area contributed by atoms with Crippen LogP contribution in [0.2, 0.25) is 0 Å². The summed E-state index contributed by atoms with van der Waals surface area (Å²) in [6, 6.07) is 6.71. The van der Waals surface area contributed by atoms with Gasteiger partial charge in [-0.25, -0.2) is 4.68 Å². The third kappa shape index (κ3) is 2.08. The van der Waals surface area contributed by atoms with Gasteiger partial charge in [-0.2, -0.15) is 5.10 Å².